The van der Waals surface area contributed by atoms with E-state index >= 15 is 0 Å². The predicted molar refractivity (Wildman–Crippen MR) is 63.1 cm³/mol. The third-order valence-corrected chi connectivity index (χ3v) is 3.50. The number of hydrogen-bond acceptors (Lipinski definition) is 3. The highest BCUT2D eigenvalue weighted by molar-refractivity contribution is 4.99. The van der Waals surface area contributed by atoms with Gasteiger partial charge in [0.1, 0.15) is 0 Å². The van der Waals surface area contributed by atoms with Crippen molar-refractivity contribution in [3.63, 3.8) is 0 Å². The van der Waals surface area contributed by atoms with Crippen LogP contribution in [0.15, 0.2) is 12.3 Å². The summed E-state index contributed by atoms with van der Waals surface area (Å²) in [7, 11) is 1.98. The Hall–Kier alpha value is -0.870. The fourth-order valence-corrected chi connectivity index (χ4v) is 2.22. The summed E-state index contributed by atoms with van der Waals surface area (Å²) in [6, 6.07) is 2.61. The molecule has 0 amide bonds. The Labute approximate surface area is 97.0 Å². The van der Waals surface area contributed by atoms with Gasteiger partial charge in [0, 0.05) is 39.0 Å². The Morgan fingerprint density at radius 2 is 2.31 bits per heavy atom. The van der Waals surface area contributed by atoms with Crippen LogP contribution in [0.1, 0.15) is 25.5 Å². The highest BCUT2D eigenvalue weighted by atomic mass is 16.5. The van der Waals surface area contributed by atoms with Gasteiger partial charge in [-0.05, 0) is 31.7 Å². The van der Waals surface area contributed by atoms with E-state index in [9.17, 15) is 0 Å². The highest BCUT2D eigenvalue weighted by Crippen LogP contribution is 2.18. The van der Waals surface area contributed by atoms with Crippen LogP contribution in [0.3, 0.4) is 0 Å². The first kappa shape index (κ1) is 11.6. The lowest BCUT2D eigenvalue weighted by molar-refractivity contribution is 0.0557. The Balaban J connectivity index is 1.78. The van der Waals surface area contributed by atoms with Gasteiger partial charge in [0.05, 0.1) is 5.69 Å². The van der Waals surface area contributed by atoms with E-state index in [0.717, 1.165) is 25.7 Å². The quantitative estimate of drug-likeness (QED) is 0.837. The SMILES string of the molecule is CC(NCc1ccnn1C)C1CCOCC1. The lowest BCUT2D eigenvalue weighted by Gasteiger charge is -2.28. The van der Waals surface area contributed by atoms with Crippen LogP contribution in [0, 0.1) is 5.92 Å². The molecule has 0 bridgehead atoms. The molecule has 1 N–H and O–H groups in total. The van der Waals surface area contributed by atoms with Crippen molar-refractivity contribution in [3.05, 3.63) is 18.0 Å². The minimum Gasteiger partial charge on any atom is -0.381 e. The molecule has 1 saturated heterocycles. The molecular weight excluding hydrogens is 202 g/mol. The monoisotopic (exact) mass is 223 g/mol. The van der Waals surface area contributed by atoms with E-state index in [-0.39, 0.29) is 0 Å². The second-order valence-corrected chi connectivity index (χ2v) is 4.57. The van der Waals surface area contributed by atoms with Crippen LogP contribution in [0.2, 0.25) is 0 Å². The van der Waals surface area contributed by atoms with Crippen molar-refractivity contribution in [3.8, 4) is 0 Å². The van der Waals surface area contributed by atoms with Gasteiger partial charge in [0.25, 0.3) is 0 Å². The van der Waals surface area contributed by atoms with Crippen molar-refractivity contribution in [2.24, 2.45) is 13.0 Å². The molecule has 1 unspecified atom stereocenters. The summed E-state index contributed by atoms with van der Waals surface area (Å²) in [5.74, 6) is 0.752. The standard InChI is InChI=1S/C12H21N3O/c1-10(11-4-7-16-8-5-11)13-9-12-3-6-14-15(12)2/h3,6,10-11,13H,4-5,7-9H2,1-2H3. The lowest BCUT2D eigenvalue weighted by Crippen LogP contribution is -2.36. The van der Waals surface area contributed by atoms with E-state index in [1.807, 2.05) is 17.9 Å². The van der Waals surface area contributed by atoms with Gasteiger partial charge in [-0.1, -0.05) is 0 Å². The first-order chi connectivity index (χ1) is 7.77. The summed E-state index contributed by atoms with van der Waals surface area (Å²) >= 11 is 0. The Kier molecular flexibility index (Phi) is 3.96. The summed E-state index contributed by atoms with van der Waals surface area (Å²) in [5.41, 5.74) is 1.24. The molecular formula is C12H21N3O. The molecule has 2 heterocycles. The number of aromatic nitrogens is 2. The van der Waals surface area contributed by atoms with E-state index < -0.39 is 0 Å². The van der Waals surface area contributed by atoms with Gasteiger partial charge in [-0.15, -0.1) is 0 Å². The molecule has 1 fully saturated rings. The number of nitrogens with zero attached hydrogens (tertiary/aromatic N) is 2. The summed E-state index contributed by atoms with van der Waals surface area (Å²) < 4.78 is 7.30. The van der Waals surface area contributed by atoms with Crippen molar-refractivity contribution in [1.29, 1.82) is 0 Å². The lowest BCUT2D eigenvalue weighted by atomic mass is 9.93. The Bertz CT molecular complexity index is 318. The van der Waals surface area contributed by atoms with Crippen LogP contribution in [0.4, 0.5) is 0 Å². The Morgan fingerprint density at radius 3 is 2.94 bits per heavy atom. The number of ether oxygens (including phenoxy) is 1. The molecule has 0 spiro atoms. The molecule has 1 aliphatic heterocycles. The van der Waals surface area contributed by atoms with Crippen LogP contribution in [-0.2, 0) is 18.3 Å². The van der Waals surface area contributed by atoms with Crippen LogP contribution in [-0.4, -0.2) is 29.0 Å². The maximum Gasteiger partial charge on any atom is 0.0518 e. The van der Waals surface area contributed by atoms with E-state index in [1.165, 1.54) is 18.5 Å². The Morgan fingerprint density at radius 1 is 1.56 bits per heavy atom. The van der Waals surface area contributed by atoms with Crippen molar-refractivity contribution >= 4 is 0 Å². The van der Waals surface area contributed by atoms with Gasteiger partial charge in [-0.3, -0.25) is 4.68 Å². The van der Waals surface area contributed by atoms with Crippen LogP contribution >= 0.6 is 0 Å². The molecule has 0 aromatic carbocycles. The molecule has 4 nitrogen and oxygen atoms in total. The number of rotatable bonds is 4. The van der Waals surface area contributed by atoms with Gasteiger partial charge in [0.2, 0.25) is 0 Å². The van der Waals surface area contributed by atoms with Gasteiger partial charge < -0.3 is 10.1 Å². The van der Waals surface area contributed by atoms with Gasteiger partial charge in [-0.2, -0.15) is 5.10 Å². The fourth-order valence-electron chi connectivity index (χ4n) is 2.22. The first-order valence-corrected chi connectivity index (χ1v) is 6.05. The molecule has 1 aliphatic rings. The second-order valence-electron chi connectivity index (χ2n) is 4.57. The second kappa shape index (κ2) is 5.46. The molecule has 0 aliphatic carbocycles. The molecule has 4 heteroatoms. The van der Waals surface area contributed by atoms with Crippen LogP contribution < -0.4 is 5.32 Å². The van der Waals surface area contributed by atoms with E-state index in [2.05, 4.69) is 23.4 Å². The molecule has 1 atom stereocenters. The third kappa shape index (κ3) is 2.83. The maximum absolute atomic E-state index is 5.38. The van der Waals surface area contributed by atoms with Crippen molar-refractivity contribution < 1.29 is 4.74 Å². The van der Waals surface area contributed by atoms with Gasteiger partial charge in [0.15, 0.2) is 0 Å². The van der Waals surface area contributed by atoms with Gasteiger partial charge in [-0.25, -0.2) is 0 Å². The van der Waals surface area contributed by atoms with Crippen molar-refractivity contribution in [1.82, 2.24) is 15.1 Å². The van der Waals surface area contributed by atoms with Crippen LogP contribution in [0.5, 0.6) is 0 Å². The van der Waals surface area contributed by atoms with Gasteiger partial charge >= 0.3 is 0 Å². The summed E-state index contributed by atoms with van der Waals surface area (Å²) in [6.07, 6.45) is 4.20. The minimum absolute atomic E-state index is 0.554. The fraction of sp³-hybridized carbons (Fsp3) is 0.750. The predicted octanol–water partition coefficient (Wildman–Crippen LogP) is 1.32. The topological polar surface area (TPSA) is 39.1 Å². The molecule has 2 rings (SSSR count). The third-order valence-electron chi connectivity index (χ3n) is 3.50. The van der Waals surface area contributed by atoms with E-state index in [4.69, 9.17) is 4.74 Å². The van der Waals surface area contributed by atoms with Crippen LogP contribution in [0.25, 0.3) is 0 Å². The first-order valence-electron chi connectivity index (χ1n) is 6.05. The normalized spacial score (nSPS) is 19.9. The maximum atomic E-state index is 5.38. The highest BCUT2D eigenvalue weighted by Gasteiger charge is 2.19. The van der Waals surface area contributed by atoms with E-state index in [0.29, 0.717) is 6.04 Å². The van der Waals surface area contributed by atoms with E-state index in [1.54, 1.807) is 0 Å². The minimum atomic E-state index is 0.554. The average molecular weight is 223 g/mol. The molecule has 16 heavy (non-hydrogen) atoms. The summed E-state index contributed by atoms with van der Waals surface area (Å²) in [4.78, 5) is 0. The average Bonchev–Trinajstić information content (AvgIpc) is 2.73. The zero-order chi connectivity index (χ0) is 11.4. The van der Waals surface area contributed by atoms with Crippen molar-refractivity contribution in [2.45, 2.75) is 32.4 Å². The number of aryl methyl sites for hydroxylation is 1. The number of hydrogen-bond donors (Lipinski definition) is 1. The molecule has 1 aromatic heterocycles. The molecule has 1 aromatic rings. The smallest absolute Gasteiger partial charge is 0.0518 e. The van der Waals surface area contributed by atoms with Crippen molar-refractivity contribution in [2.75, 3.05) is 13.2 Å². The zero-order valence-electron chi connectivity index (χ0n) is 10.1. The largest absolute Gasteiger partial charge is 0.381 e. The number of nitrogens with one attached hydrogen (secondary N) is 1. The summed E-state index contributed by atoms with van der Waals surface area (Å²) in [6.45, 7) is 5.01. The summed E-state index contributed by atoms with van der Waals surface area (Å²) in [5, 5.41) is 7.74. The molecule has 90 valence electrons. The molecule has 0 saturated carbocycles. The zero-order valence-corrected chi connectivity index (χ0v) is 10.1. The molecule has 0 radical (unpaired) electrons.